The standard InChI is InChI=1S/C11H10F2O3/c12-11(13)9-3-1-7(2-4-10(15)16)5-8(9)6-14/h1,3,5-6,11H,2,4H2,(H,15,16). The van der Waals surface area contributed by atoms with Crippen molar-refractivity contribution in [3.63, 3.8) is 0 Å². The van der Waals surface area contributed by atoms with Gasteiger partial charge in [-0.3, -0.25) is 9.59 Å². The first-order chi connectivity index (χ1) is 7.54. The van der Waals surface area contributed by atoms with Crippen molar-refractivity contribution < 1.29 is 23.5 Å². The van der Waals surface area contributed by atoms with E-state index in [9.17, 15) is 18.4 Å². The normalized spacial score (nSPS) is 10.4. The van der Waals surface area contributed by atoms with E-state index in [-0.39, 0.29) is 24.0 Å². The lowest BCUT2D eigenvalue weighted by Crippen LogP contribution is -2.00. The molecule has 0 aliphatic carbocycles. The summed E-state index contributed by atoms with van der Waals surface area (Å²) in [7, 11) is 0. The fraction of sp³-hybridized carbons (Fsp3) is 0.273. The van der Waals surface area contributed by atoms with Gasteiger partial charge in [0.1, 0.15) is 0 Å². The van der Waals surface area contributed by atoms with Gasteiger partial charge in [-0.1, -0.05) is 12.1 Å². The molecule has 0 aliphatic heterocycles. The monoisotopic (exact) mass is 228 g/mol. The number of aliphatic carboxylic acids is 1. The summed E-state index contributed by atoms with van der Waals surface area (Å²) in [5.74, 6) is -0.967. The molecule has 0 bridgehead atoms. The van der Waals surface area contributed by atoms with E-state index in [1.54, 1.807) is 0 Å². The number of rotatable bonds is 5. The van der Waals surface area contributed by atoms with Crippen LogP contribution >= 0.6 is 0 Å². The second-order valence-corrected chi connectivity index (χ2v) is 3.28. The van der Waals surface area contributed by atoms with Crippen LogP contribution in [0.2, 0.25) is 0 Å². The lowest BCUT2D eigenvalue weighted by molar-refractivity contribution is -0.136. The molecule has 1 aromatic carbocycles. The summed E-state index contributed by atoms with van der Waals surface area (Å²) in [6.45, 7) is 0. The van der Waals surface area contributed by atoms with E-state index in [1.165, 1.54) is 12.1 Å². The van der Waals surface area contributed by atoms with Crippen LogP contribution in [-0.2, 0) is 11.2 Å². The Labute approximate surface area is 90.7 Å². The molecule has 0 heterocycles. The number of carboxylic acids is 1. The molecule has 1 N–H and O–H groups in total. The zero-order valence-corrected chi connectivity index (χ0v) is 8.32. The molecule has 0 radical (unpaired) electrons. The van der Waals surface area contributed by atoms with Crippen LogP contribution in [0.25, 0.3) is 0 Å². The maximum Gasteiger partial charge on any atom is 0.303 e. The minimum Gasteiger partial charge on any atom is -0.481 e. The number of hydrogen-bond donors (Lipinski definition) is 1. The molecule has 0 fully saturated rings. The van der Waals surface area contributed by atoms with Crippen molar-refractivity contribution in [3.8, 4) is 0 Å². The number of carbonyl (C=O) groups excluding carboxylic acids is 1. The highest BCUT2D eigenvalue weighted by atomic mass is 19.3. The van der Waals surface area contributed by atoms with Gasteiger partial charge in [-0.05, 0) is 18.1 Å². The van der Waals surface area contributed by atoms with Gasteiger partial charge in [0.05, 0.1) is 0 Å². The summed E-state index contributed by atoms with van der Waals surface area (Å²) in [5.41, 5.74) is 0.154. The SMILES string of the molecule is O=Cc1cc(CCC(=O)O)ccc1C(F)F. The van der Waals surface area contributed by atoms with Gasteiger partial charge in [0, 0.05) is 17.5 Å². The van der Waals surface area contributed by atoms with E-state index in [2.05, 4.69) is 0 Å². The Bertz CT molecular complexity index is 402. The highest BCUT2D eigenvalue weighted by Crippen LogP contribution is 2.23. The highest BCUT2D eigenvalue weighted by Gasteiger charge is 2.13. The summed E-state index contributed by atoms with van der Waals surface area (Å²) in [6.07, 6.45) is -2.22. The van der Waals surface area contributed by atoms with Gasteiger partial charge in [0.25, 0.3) is 6.43 Å². The van der Waals surface area contributed by atoms with E-state index in [0.717, 1.165) is 6.07 Å². The predicted molar refractivity (Wildman–Crippen MR) is 52.7 cm³/mol. The van der Waals surface area contributed by atoms with Gasteiger partial charge in [-0.25, -0.2) is 8.78 Å². The van der Waals surface area contributed by atoms with Crippen LogP contribution < -0.4 is 0 Å². The fourth-order valence-corrected chi connectivity index (χ4v) is 1.33. The molecule has 0 saturated carbocycles. The maximum atomic E-state index is 12.4. The molecule has 0 unspecified atom stereocenters. The fourth-order valence-electron chi connectivity index (χ4n) is 1.33. The van der Waals surface area contributed by atoms with Crippen molar-refractivity contribution in [2.75, 3.05) is 0 Å². The Morgan fingerprint density at radius 1 is 1.44 bits per heavy atom. The molecule has 5 heteroatoms. The van der Waals surface area contributed by atoms with Gasteiger partial charge in [0.15, 0.2) is 6.29 Å². The highest BCUT2D eigenvalue weighted by molar-refractivity contribution is 5.78. The number of benzene rings is 1. The van der Waals surface area contributed by atoms with Crippen LogP contribution in [-0.4, -0.2) is 17.4 Å². The molecule has 0 spiro atoms. The number of carboxylic acid groups (broad SMARTS) is 1. The zero-order chi connectivity index (χ0) is 12.1. The Morgan fingerprint density at radius 3 is 2.62 bits per heavy atom. The van der Waals surface area contributed by atoms with E-state index >= 15 is 0 Å². The lowest BCUT2D eigenvalue weighted by atomic mass is 10.0. The third-order valence-corrected chi connectivity index (χ3v) is 2.14. The molecular formula is C11H10F2O3. The van der Waals surface area contributed by atoms with Gasteiger partial charge in [0.2, 0.25) is 0 Å². The van der Waals surface area contributed by atoms with Crippen molar-refractivity contribution in [3.05, 3.63) is 34.9 Å². The molecule has 0 saturated heterocycles. The smallest absolute Gasteiger partial charge is 0.303 e. The molecule has 1 aromatic rings. The van der Waals surface area contributed by atoms with Crippen LogP contribution in [0.15, 0.2) is 18.2 Å². The maximum absolute atomic E-state index is 12.4. The average Bonchev–Trinajstić information content (AvgIpc) is 2.25. The third-order valence-electron chi connectivity index (χ3n) is 2.14. The van der Waals surface area contributed by atoms with Gasteiger partial charge >= 0.3 is 5.97 Å². The Hall–Kier alpha value is -1.78. The summed E-state index contributed by atoms with van der Waals surface area (Å²) in [5, 5.41) is 8.45. The molecule has 86 valence electrons. The average molecular weight is 228 g/mol. The first-order valence-corrected chi connectivity index (χ1v) is 4.62. The van der Waals surface area contributed by atoms with Crippen LogP contribution in [0.3, 0.4) is 0 Å². The van der Waals surface area contributed by atoms with Crippen LogP contribution in [0, 0.1) is 0 Å². The molecule has 3 nitrogen and oxygen atoms in total. The summed E-state index contributed by atoms with van der Waals surface area (Å²) < 4.78 is 24.8. The number of aldehydes is 1. The van der Waals surface area contributed by atoms with Crippen molar-refractivity contribution in [2.24, 2.45) is 0 Å². The molecule has 0 amide bonds. The minimum atomic E-state index is -2.70. The van der Waals surface area contributed by atoms with E-state index < -0.39 is 12.4 Å². The van der Waals surface area contributed by atoms with Crippen molar-refractivity contribution in [1.29, 1.82) is 0 Å². The molecule has 1 rings (SSSR count). The molecular weight excluding hydrogens is 218 g/mol. The van der Waals surface area contributed by atoms with Crippen molar-refractivity contribution in [1.82, 2.24) is 0 Å². The number of aryl methyl sites for hydroxylation is 1. The number of halogens is 2. The first kappa shape index (κ1) is 12.3. The van der Waals surface area contributed by atoms with Gasteiger partial charge in [-0.15, -0.1) is 0 Å². The van der Waals surface area contributed by atoms with Crippen molar-refractivity contribution >= 4 is 12.3 Å². The van der Waals surface area contributed by atoms with E-state index in [1.807, 2.05) is 0 Å². The summed E-state index contributed by atoms with van der Waals surface area (Å²) in [4.78, 5) is 20.9. The Balaban J connectivity index is 2.90. The zero-order valence-electron chi connectivity index (χ0n) is 8.32. The van der Waals surface area contributed by atoms with Crippen LogP contribution in [0.1, 0.15) is 34.3 Å². The Kier molecular flexibility index (Phi) is 4.10. The number of alkyl halides is 2. The topological polar surface area (TPSA) is 54.4 Å². The van der Waals surface area contributed by atoms with Crippen LogP contribution in [0.4, 0.5) is 8.78 Å². The molecule has 0 atom stereocenters. The number of carbonyl (C=O) groups is 2. The minimum absolute atomic E-state index is 0.0853. The quantitative estimate of drug-likeness (QED) is 0.787. The van der Waals surface area contributed by atoms with Gasteiger partial charge < -0.3 is 5.11 Å². The van der Waals surface area contributed by atoms with Crippen molar-refractivity contribution in [2.45, 2.75) is 19.3 Å². The largest absolute Gasteiger partial charge is 0.481 e. The third kappa shape index (κ3) is 3.12. The molecule has 0 aromatic heterocycles. The second-order valence-electron chi connectivity index (χ2n) is 3.28. The summed E-state index contributed by atoms with van der Waals surface area (Å²) in [6, 6.07) is 3.88. The molecule has 16 heavy (non-hydrogen) atoms. The molecule has 0 aliphatic rings. The lowest BCUT2D eigenvalue weighted by Gasteiger charge is -2.06. The van der Waals surface area contributed by atoms with Gasteiger partial charge in [-0.2, -0.15) is 0 Å². The number of hydrogen-bond acceptors (Lipinski definition) is 2. The van der Waals surface area contributed by atoms with E-state index in [4.69, 9.17) is 5.11 Å². The summed E-state index contributed by atoms with van der Waals surface area (Å²) >= 11 is 0. The predicted octanol–water partition coefficient (Wildman–Crippen LogP) is 2.45. The Morgan fingerprint density at radius 2 is 2.12 bits per heavy atom. The van der Waals surface area contributed by atoms with Crippen LogP contribution in [0.5, 0.6) is 0 Å². The first-order valence-electron chi connectivity index (χ1n) is 4.62. The second kappa shape index (κ2) is 5.34. The van der Waals surface area contributed by atoms with E-state index in [0.29, 0.717) is 11.8 Å².